The number of amides is 3. The van der Waals surface area contributed by atoms with E-state index in [4.69, 9.17) is 0 Å². The van der Waals surface area contributed by atoms with Crippen LogP contribution in [0.25, 0.3) is 10.9 Å². The van der Waals surface area contributed by atoms with Gasteiger partial charge in [0.1, 0.15) is 10.4 Å². The summed E-state index contributed by atoms with van der Waals surface area (Å²) in [5.41, 5.74) is -0.298. The molecule has 1 aliphatic carbocycles. The summed E-state index contributed by atoms with van der Waals surface area (Å²) >= 11 is 0. The summed E-state index contributed by atoms with van der Waals surface area (Å²) in [4.78, 5) is 27.9. The third-order valence-corrected chi connectivity index (χ3v) is 6.58. The Bertz CT molecular complexity index is 1010. The minimum atomic E-state index is -3.77. The highest BCUT2D eigenvalue weighted by molar-refractivity contribution is 7.89. The number of para-hydroxylation sites is 1. The number of carbonyl (C=O) groups excluding carboxylic acids is 2. The molecule has 1 aromatic heterocycles. The van der Waals surface area contributed by atoms with Crippen molar-refractivity contribution in [2.45, 2.75) is 29.7 Å². The van der Waals surface area contributed by atoms with Crippen LogP contribution in [0.3, 0.4) is 0 Å². The number of rotatable bonds is 4. The summed E-state index contributed by atoms with van der Waals surface area (Å²) < 4.78 is 27.9. The molecule has 1 saturated heterocycles. The monoisotopic (exact) mass is 374 g/mol. The van der Waals surface area contributed by atoms with Crippen molar-refractivity contribution < 1.29 is 18.0 Å². The Morgan fingerprint density at radius 2 is 2.08 bits per heavy atom. The number of fused-ring (bicyclic) bond motifs is 1. The van der Waals surface area contributed by atoms with E-state index < -0.39 is 21.6 Å². The first-order chi connectivity index (χ1) is 12.4. The Balaban J connectivity index is 1.54. The van der Waals surface area contributed by atoms with E-state index in [-0.39, 0.29) is 23.3 Å². The topological polar surface area (TPSA) is 117 Å². The maximum absolute atomic E-state index is 12.6. The van der Waals surface area contributed by atoms with E-state index in [2.05, 4.69) is 20.3 Å². The van der Waals surface area contributed by atoms with E-state index >= 15 is 0 Å². The Morgan fingerprint density at radius 3 is 2.85 bits per heavy atom. The first-order valence-electron chi connectivity index (χ1n) is 8.39. The Morgan fingerprint density at radius 1 is 1.27 bits per heavy atom. The van der Waals surface area contributed by atoms with E-state index in [0.717, 1.165) is 11.8 Å². The molecule has 1 spiro atoms. The lowest BCUT2D eigenvalue weighted by Crippen LogP contribution is -2.53. The molecular weight excluding hydrogens is 356 g/mol. The molecule has 3 amide bonds. The van der Waals surface area contributed by atoms with E-state index in [0.29, 0.717) is 18.4 Å². The molecule has 2 heterocycles. The first-order valence-corrected chi connectivity index (χ1v) is 9.87. The van der Waals surface area contributed by atoms with Gasteiger partial charge in [-0.15, -0.1) is 0 Å². The molecule has 2 unspecified atom stereocenters. The van der Waals surface area contributed by atoms with E-state index in [1.54, 1.807) is 12.1 Å². The third kappa shape index (κ3) is 2.73. The van der Waals surface area contributed by atoms with Crippen molar-refractivity contribution >= 4 is 32.9 Å². The van der Waals surface area contributed by atoms with Crippen LogP contribution < -0.4 is 15.4 Å². The number of hydrogen-bond acceptors (Lipinski definition) is 5. The van der Waals surface area contributed by atoms with Gasteiger partial charge in [0, 0.05) is 24.0 Å². The molecule has 2 aliphatic rings. The number of nitrogens with one attached hydrogen (secondary N) is 3. The molecule has 1 aromatic carbocycles. The average molecular weight is 374 g/mol. The van der Waals surface area contributed by atoms with Crippen molar-refractivity contribution in [3.05, 3.63) is 36.5 Å². The van der Waals surface area contributed by atoms with Crippen LogP contribution in [0.1, 0.15) is 19.3 Å². The van der Waals surface area contributed by atoms with Gasteiger partial charge < -0.3 is 5.32 Å². The number of imide groups is 1. The minimum Gasteiger partial charge on any atom is -0.323 e. The van der Waals surface area contributed by atoms with Crippen molar-refractivity contribution in [1.29, 1.82) is 0 Å². The van der Waals surface area contributed by atoms with E-state index in [1.165, 1.54) is 6.20 Å². The lowest BCUT2D eigenvalue weighted by atomic mass is 9.87. The molecule has 9 heteroatoms. The molecule has 4 rings (SSSR count). The second-order valence-corrected chi connectivity index (χ2v) is 8.45. The Labute approximate surface area is 150 Å². The smallest absolute Gasteiger partial charge is 0.322 e. The molecule has 0 bridgehead atoms. The predicted octanol–water partition coefficient (Wildman–Crippen LogP) is 0.891. The molecule has 2 fully saturated rings. The molecular formula is C17H18N4O4S. The van der Waals surface area contributed by atoms with Gasteiger partial charge in [-0.1, -0.05) is 24.6 Å². The second-order valence-electron chi connectivity index (χ2n) is 6.68. The van der Waals surface area contributed by atoms with Crippen LogP contribution in [0.4, 0.5) is 4.79 Å². The number of sulfonamides is 1. The summed E-state index contributed by atoms with van der Waals surface area (Å²) in [5.74, 6) is -0.672. The van der Waals surface area contributed by atoms with Crippen molar-refractivity contribution in [3.63, 3.8) is 0 Å². The standard InChI is InChI=1S/C17H18N4O4S/c22-15-17(21-16(23)20-15)7-3-5-12(17)9-19-26(24,25)13-8-11-4-1-2-6-14(11)18-10-13/h1-2,4,6,8,10,12,19H,3,5,7,9H2,(H2,20,21,22,23). The number of nitrogens with zero attached hydrogens (tertiary/aromatic N) is 1. The summed E-state index contributed by atoms with van der Waals surface area (Å²) in [7, 11) is -3.77. The van der Waals surface area contributed by atoms with Gasteiger partial charge in [-0.25, -0.2) is 17.9 Å². The van der Waals surface area contributed by atoms with Gasteiger partial charge in [0.15, 0.2) is 0 Å². The SMILES string of the molecule is O=C1NC(=O)C2(CCCC2CNS(=O)(=O)c2cnc3ccccc3c2)N1. The van der Waals surface area contributed by atoms with Crippen molar-refractivity contribution in [2.75, 3.05) is 6.54 Å². The van der Waals surface area contributed by atoms with Crippen molar-refractivity contribution in [2.24, 2.45) is 5.92 Å². The van der Waals surface area contributed by atoms with Gasteiger partial charge in [-0.05, 0) is 25.0 Å². The highest BCUT2D eigenvalue weighted by Gasteiger charge is 2.54. The van der Waals surface area contributed by atoms with Gasteiger partial charge in [0.05, 0.1) is 5.52 Å². The number of carbonyl (C=O) groups is 2. The van der Waals surface area contributed by atoms with Gasteiger partial charge in [-0.2, -0.15) is 0 Å². The molecule has 3 N–H and O–H groups in total. The zero-order valence-corrected chi connectivity index (χ0v) is 14.7. The zero-order chi connectivity index (χ0) is 18.4. The lowest BCUT2D eigenvalue weighted by Gasteiger charge is -2.28. The second kappa shape index (κ2) is 6.03. The highest BCUT2D eigenvalue weighted by Crippen LogP contribution is 2.37. The third-order valence-electron chi connectivity index (χ3n) is 5.18. The van der Waals surface area contributed by atoms with Crippen LogP contribution in [0.2, 0.25) is 0 Å². The van der Waals surface area contributed by atoms with E-state index in [9.17, 15) is 18.0 Å². The molecule has 8 nitrogen and oxygen atoms in total. The summed E-state index contributed by atoms with van der Waals surface area (Å²) in [5, 5.41) is 5.67. The number of pyridine rings is 1. The molecule has 136 valence electrons. The summed E-state index contributed by atoms with van der Waals surface area (Å²) in [6.07, 6.45) is 3.23. The first kappa shape index (κ1) is 16.9. The fourth-order valence-corrected chi connectivity index (χ4v) is 4.88. The van der Waals surface area contributed by atoms with Crippen molar-refractivity contribution in [1.82, 2.24) is 20.3 Å². The quantitative estimate of drug-likeness (QED) is 0.687. The Hall–Kier alpha value is -2.52. The maximum atomic E-state index is 12.6. The number of aromatic nitrogens is 1. The van der Waals surface area contributed by atoms with Gasteiger partial charge >= 0.3 is 6.03 Å². The fraction of sp³-hybridized carbons (Fsp3) is 0.353. The molecule has 1 aliphatic heterocycles. The van der Waals surface area contributed by atoms with Crippen LogP contribution in [-0.2, 0) is 14.8 Å². The largest absolute Gasteiger partial charge is 0.323 e. The molecule has 1 saturated carbocycles. The average Bonchev–Trinajstić information content (AvgIpc) is 3.15. The predicted molar refractivity (Wildman–Crippen MR) is 93.7 cm³/mol. The van der Waals surface area contributed by atoms with Crippen LogP contribution in [-0.4, -0.2) is 37.4 Å². The normalized spacial score (nSPS) is 25.6. The number of hydrogen-bond donors (Lipinski definition) is 3. The van der Waals surface area contributed by atoms with Gasteiger partial charge in [-0.3, -0.25) is 15.1 Å². The number of benzene rings is 1. The molecule has 26 heavy (non-hydrogen) atoms. The van der Waals surface area contributed by atoms with Crippen LogP contribution >= 0.6 is 0 Å². The van der Waals surface area contributed by atoms with Gasteiger partial charge in [0.25, 0.3) is 5.91 Å². The van der Waals surface area contributed by atoms with Gasteiger partial charge in [0.2, 0.25) is 10.0 Å². The van der Waals surface area contributed by atoms with E-state index in [1.807, 2.05) is 18.2 Å². The Kier molecular flexibility index (Phi) is 3.92. The van der Waals surface area contributed by atoms with Crippen molar-refractivity contribution in [3.8, 4) is 0 Å². The highest BCUT2D eigenvalue weighted by atomic mass is 32.2. The zero-order valence-electron chi connectivity index (χ0n) is 13.9. The van der Waals surface area contributed by atoms with Crippen LogP contribution in [0, 0.1) is 5.92 Å². The molecule has 0 radical (unpaired) electrons. The van der Waals surface area contributed by atoms with Crippen LogP contribution in [0.5, 0.6) is 0 Å². The summed E-state index contributed by atoms with van der Waals surface area (Å²) in [6.45, 7) is 0.0723. The summed E-state index contributed by atoms with van der Waals surface area (Å²) in [6, 6.07) is 8.30. The maximum Gasteiger partial charge on any atom is 0.322 e. The molecule has 2 aromatic rings. The number of urea groups is 1. The lowest BCUT2D eigenvalue weighted by molar-refractivity contribution is -0.125. The fourth-order valence-electron chi connectivity index (χ4n) is 3.81. The van der Waals surface area contributed by atoms with Crippen LogP contribution in [0.15, 0.2) is 41.4 Å². The molecule has 2 atom stereocenters. The minimum absolute atomic E-state index is 0.0723.